The second-order valence-electron chi connectivity index (χ2n) is 8.39. The summed E-state index contributed by atoms with van der Waals surface area (Å²) in [5.74, 6) is 1.11. The fourth-order valence-electron chi connectivity index (χ4n) is 3.80. The number of hydrogen-bond donors (Lipinski definition) is 5. The van der Waals surface area contributed by atoms with Gasteiger partial charge in [0.25, 0.3) is 0 Å². The Morgan fingerprint density at radius 2 is 1.70 bits per heavy atom. The summed E-state index contributed by atoms with van der Waals surface area (Å²) in [4.78, 5) is 12.6. The number of piperidine rings is 1. The molecule has 0 spiro atoms. The number of hydrogen-bond acceptors (Lipinski definition) is 6. The predicted octanol–water partition coefficient (Wildman–Crippen LogP) is 4.57. The van der Waals surface area contributed by atoms with Crippen LogP contribution in [0.15, 0.2) is 72.8 Å². The maximum Gasteiger partial charge on any atom is 0.243 e. The molecule has 198 valence electrons. The van der Waals surface area contributed by atoms with Gasteiger partial charge in [-0.2, -0.15) is 0 Å². The Morgan fingerprint density at radius 3 is 2.38 bits per heavy atom. The smallest absolute Gasteiger partial charge is 0.243 e. The fraction of sp³-hybridized carbons (Fsp3) is 0.259. The number of ether oxygens (including phenoxy) is 2. The van der Waals surface area contributed by atoms with E-state index in [0.29, 0.717) is 29.3 Å². The highest BCUT2D eigenvalue weighted by Gasteiger charge is 2.14. The van der Waals surface area contributed by atoms with Crippen molar-refractivity contribution in [3.8, 4) is 11.5 Å². The van der Waals surface area contributed by atoms with Crippen LogP contribution in [0.3, 0.4) is 0 Å². The molecule has 1 aliphatic heterocycles. The van der Waals surface area contributed by atoms with Crippen molar-refractivity contribution in [2.24, 2.45) is 5.73 Å². The van der Waals surface area contributed by atoms with Crippen molar-refractivity contribution in [2.45, 2.75) is 25.6 Å². The number of nitrogens with one attached hydrogen (secondary N) is 4. The number of amidine groups is 1. The van der Waals surface area contributed by atoms with Crippen molar-refractivity contribution in [3.05, 3.63) is 83.9 Å². The van der Waals surface area contributed by atoms with Crippen LogP contribution in [0, 0.1) is 5.41 Å². The molecule has 0 bridgehead atoms. The average molecular weight is 546 g/mol. The number of carbonyl (C=O) groups excluding carboxylic acids is 1. The van der Waals surface area contributed by atoms with Gasteiger partial charge in [-0.3, -0.25) is 10.2 Å². The van der Waals surface area contributed by atoms with Gasteiger partial charge in [-0.1, -0.05) is 30.3 Å². The molecule has 1 heterocycles. The number of nitrogens with two attached hydrogens (primary N) is 1. The summed E-state index contributed by atoms with van der Waals surface area (Å²) in [5.41, 5.74) is 8.50. The molecule has 0 aromatic heterocycles. The van der Waals surface area contributed by atoms with E-state index in [2.05, 4.69) is 16.0 Å². The Morgan fingerprint density at radius 1 is 1.00 bits per heavy atom. The van der Waals surface area contributed by atoms with Gasteiger partial charge < -0.3 is 31.2 Å². The van der Waals surface area contributed by atoms with E-state index in [1.165, 1.54) is 0 Å². The molecule has 10 heteroatoms. The van der Waals surface area contributed by atoms with E-state index in [1.807, 2.05) is 54.6 Å². The summed E-state index contributed by atoms with van der Waals surface area (Å²) in [6.07, 6.45) is 2.21. The SMILES string of the molecule is Cl.Cl.N=C(N)c1ccc(OCc2ccccc2)c(NCC(=O)Nc2ccc(OC3CCNCC3)cc2)c1. The highest BCUT2D eigenvalue weighted by Crippen LogP contribution is 2.27. The van der Waals surface area contributed by atoms with Crippen LogP contribution >= 0.6 is 24.8 Å². The Labute approximate surface area is 229 Å². The molecule has 1 aliphatic rings. The van der Waals surface area contributed by atoms with Crippen LogP contribution in [0.1, 0.15) is 24.0 Å². The molecule has 1 saturated heterocycles. The summed E-state index contributed by atoms with van der Waals surface area (Å²) >= 11 is 0. The molecule has 0 unspecified atom stereocenters. The zero-order chi connectivity index (χ0) is 24.5. The lowest BCUT2D eigenvalue weighted by molar-refractivity contribution is -0.114. The van der Waals surface area contributed by atoms with Gasteiger partial charge in [0.05, 0.1) is 12.2 Å². The normalized spacial score (nSPS) is 12.9. The first-order chi connectivity index (χ1) is 17.1. The van der Waals surface area contributed by atoms with Gasteiger partial charge in [0.2, 0.25) is 5.91 Å². The Hall–Kier alpha value is -3.46. The van der Waals surface area contributed by atoms with Crippen LogP contribution in [0.5, 0.6) is 11.5 Å². The van der Waals surface area contributed by atoms with Crippen LogP contribution < -0.4 is 31.2 Å². The van der Waals surface area contributed by atoms with Crippen LogP contribution in [-0.4, -0.2) is 37.5 Å². The lowest BCUT2D eigenvalue weighted by Crippen LogP contribution is -2.34. The van der Waals surface area contributed by atoms with Crippen molar-refractivity contribution in [1.82, 2.24) is 5.32 Å². The molecule has 8 nitrogen and oxygen atoms in total. The van der Waals surface area contributed by atoms with Crippen molar-refractivity contribution >= 4 is 47.9 Å². The standard InChI is InChI=1S/C27H31N5O3.2ClH/c28-27(29)20-6-11-25(34-18-19-4-2-1-3-5-19)24(16-20)31-17-26(33)32-21-7-9-22(10-8-21)35-23-12-14-30-15-13-23;;/h1-11,16,23,30-31H,12-15,17-18H2,(H3,28,29)(H,32,33);2*1H. The highest BCUT2D eigenvalue weighted by atomic mass is 35.5. The number of carbonyl (C=O) groups is 1. The maximum atomic E-state index is 12.6. The molecule has 1 amide bonds. The summed E-state index contributed by atoms with van der Waals surface area (Å²) in [6.45, 7) is 2.35. The molecule has 0 saturated carbocycles. The molecule has 0 radical (unpaired) electrons. The second kappa shape index (κ2) is 14.9. The third-order valence-electron chi connectivity index (χ3n) is 5.69. The fourth-order valence-corrected chi connectivity index (χ4v) is 3.80. The molecule has 1 fully saturated rings. The van der Waals surface area contributed by atoms with Gasteiger partial charge >= 0.3 is 0 Å². The minimum atomic E-state index is -0.209. The number of anilines is 2. The van der Waals surface area contributed by atoms with E-state index in [4.69, 9.17) is 20.6 Å². The maximum absolute atomic E-state index is 12.6. The van der Waals surface area contributed by atoms with Crippen LogP contribution in [0.25, 0.3) is 0 Å². The lowest BCUT2D eigenvalue weighted by atomic mass is 10.1. The van der Waals surface area contributed by atoms with E-state index in [0.717, 1.165) is 37.2 Å². The number of amides is 1. The molecule has 3 aromatic rings. The molecular weight excluding hydrogens is 513 g/mol. The number of rotatable bonds is 10. The van der Waals surface area contributed by atoms with Gasteiger partial charge in [-0.25, -0.2) is 0 Å². The summed E-state index contributed by atoms with van der Waals surface area (Å²) in [6, 6.07) is 22.4. The van der Waals surface area contributed by atoms with Crippen molar-refractivity contribution in [3.63, 3.8) is 0 Å². The summed E-state index contributed by atoms with van der Waals surface area (Å²) in [5, 5.41) is 17.0. The van der Waals surface area contributed by atoms with Crippen molar-refractivity contribution in [1.29, 1.82) is 5.41 Å². The van der Waals surface area contributed by atoms with Crippen molar-refractivity contribution in [2.75, 3.05) is 30.3 Å². The van der Waals surface area contributed by atoms with Crippen LogP contribution in [-0.2, 0) is 11.4 Å². The first kappa shape index (κ1) is 29.8. The third-order valence-corrected chi connectivity index (χ3v) is 5.69. The molecule has 37 heavy (non-hydrogen) atoms. The van der Waals surface area contributed by atoms with E-state index < -0.39 is 0 Å². The molecule has 0 atom stereocenters. The van der Waals surface area contributed by atoms with Crippen molar-refractivity contribution < 1.29 is 14.3 Å². The minimum Gasteiger partial charge on any atom is -0.490 e. The van der Waals surface area contributed by atoms with Crippen LogP contribution in [0.4, 0.5) is 11.4 Å². The first-order valence-electron chi connectivity index (χ1n) is 11.7. The monoisotopic (exact) mass is 545 g/mol. The van der Waals surface area contributed by atoms with E-state index in [1.54, 1.807) is 18.2 Å². The highest BCUT2D eigenvalue weighted by molar-refractivity contribution is 5.97. The van der Waals surface area contributed by atoms with Crippen LogP contribution in [0.2, 0.25) is 0 Å². The van der Waals surface area contributed by atoms with Gasteiger partial charge in [0.15, 0.2) is 0 Å². The van der Waals surface area contributed by atoms with E-state index in [-0.39, 0.29) is 49.2 Å². The number of halogens is 2. The predicted molar refractivity (Wildman–Crippen MR) is 153 cm³/mol. The Kier molecular flexibility index (Phi) is 12.0. The zero-order valence-electron chi connectivity index (χ0n) is 20.4. The lowest BCUT2D eigenvalue weighted by Gasteiger charge is -2.23. The molecule has 6 N–H and O–H groups in total. The average Bonchev–Trinajstić information content (AvgIpc) is 2.89. The molecule has 3 aromatic carbocycles. The Bertz CT molecular complexity index is 1140. The number of nitrogen functional groups attached to an aromatic ring is 1. The topological polar surface area (TPSA) is 121 Å². The number of benzene rings is 3. The van der Waals surface area contributed by atoms with Gasteiger partial charge in [0.1, 0.15) is 30.0 Å². The Balaban J connectivity index is 0.00000241. The third kappa shape index (κ3) is 9.17. The summed E-state index contributed by atoms with van der Waals surface area (Å²) in [7, 11) is 0. The summed E-state index contributed by atoms with van der Waals surface area (Å²) < 4.78 is 12.0. The molecule has 0 aliphatic carbocycles. The molecule has 4 rings (SSSR count). The largest absolute Gasteiger partial charge is 0.490 e. The quantitative estimate of drug-likeness (QED) is 0.188. The van der Waals surface area contributed by atoms with E-state index >= 15 is 0 Å². The minimum absolute atomic E-state index is 0. The van der Waals surface area contributed by atoms with Gasteiger partial charge in [-0.15, -0.1) is 24.8 Å². The first-order valence-corrected chi connectivity index (χ1v) is 11.7. The molecular formula is C27H33Cl2N5O3. The van der Waals surface area contributed by atoms with Gasteiger partial charge in [-0.05, 0) is 74.0 Å². The zero-order valence-corrected chi connectivity index (χ0v) is 22.0. The second-order valence-corrected chi connectivity index (χ2v) is 8.39. The van der Waals surface area contributed by atoms with Gasteiger partial charge in [0, 0.05) is 11.3 Å². The van der Waals surface area contributed by atoms with E-state index in [9.17, 15) is 4.79 Å².